The molecule has 2 aliphatic heterocycles. The summed E-state index contributed by atoms with van der Waals surface area (Å²) in [4.78, 5) is 29.9. The number of amides is 2. The number of likely N-dealkylation sites (tertiary alicyclic amines) is 1. The Bertz CT molecular complexity index is 869. The van der Waals surface area contributed by atoms with Crippen LogP contribution in [0.25, 0.3) is 0 Å². The van der Waals surface area contributed by atoms with Gasteiger partial charge >= 0.3 is 0 Å². The Morgan fingerprint density at radius 1 is 1.00 bits per heavy atom. The molecule has 0 aliphatic carbocycles. The predicted octanol–water partition coefficient (Wildman–Crippen LogP) is 3.74. The molecule has 0 unspecified atom stereocenters. The average molecular weight is 362 g/mol. The monoisotopic (exact) mass is 362 g/mol. The Labute approximate surface area is 160 Å². The number of fused-ring (bicyclic) bond motifs is 1. The van der Waals surface area contributed by atoms with Crippen LogP contribution < -0.4 is 4.90 Å². The molecule has 140 valence electrons. The highest BCUT2D eigenvalue weighted by molar-refractivity contribution is 5.98. The maximum absolute atomic E-state index is 13.2. The summed E-state index contributed by atoms with van der Waals surface area (Å²) < 4.78 is 0. The zero-order valence-corrected chi connectivity index (χ0v) is 16.1. The second-order valence-corrected chi connectivity index (χ2v) is 7.84. The second kappa shape index (κ2) is 7.18. The Morgan fingerprint density at radius 2 is 1.74 bits per heavy atom. The van der Waals surface area contributed by atoms with Gasteiger partial charge in [0.1, 0.15) is 0 Å². The van der Waals surface area contributed by atoms with Gasteiger partial charge in [-0.2, -0.15) is 0 Å². The molecule has 0 spiro atoms. The number of anilines is 1. The van der Waals surface area contributed by atoms with E-state index in [-0.39, 0.29) is 17.7 Å². The molecule has 1 atom stereocenters. The Hall–Kier alpha value is -2.62. The Balaban J connectivity index is 1.50. The summed E-state index contributed by atoms with van der Waals surface area (Å²) in [5, 5.41) is 0. The third-order valence-electron chi connectivity index (χ3n) is 5.68. The minimum atomic E-state index is -0.111. The fourth-order valence-corrected chi connectivity index (χ4v) is 4.43. The van der Waals surface area contributed by atoms with Crippen LogP contribution in [0.2, 0.25) is 0 Å². The lowest BCUT2D eigenvalue weighted by Crippen LogP contribution is -2.46. The molecule has 1 saturated heterocycles. The molecule has 0 radical (unpaired) electrons. The highest BCUT2D eigenvalue weighted by Crippen LogP contribution is 2.31. The van der Waals surface area contributed by atoms with E-state index in [2.05, 4.69) is 12.1 Å². The number of hydrogen-bond acceptors (Lipinski definition) is 2. The molecule has 0 N–H and O–H groups in total. The molecule has 2 aromatic rings. The number of rotatable bonds is 2. The van der Waals surface area contributed by atoms with E-state index in [1.165, 1.54) is 5.56 Å². The van der Waals surface area contributed by atoms with Gasteiger partial charge in [-0.15, -0.1) is 0 Å². The van der Waals surface area contributed by atoms with Gasteiger partial charge in [0.2, 0.25) is 5.91 Å². The summed E-state index contributed by atoms with van der Waals surface area (Å²) in [6, 6.07) is 14.1. The normalized spacial score (nSPS) is 19.1. The maximum atomic E-state index is 13.2. The fourth-order valence-electron chi connectivity index (χ4n) is 4.43. The standard InChI is InChI=1S/C23H26N2O2/c1-16-12-17(2)14-20(13-16)22(26)24-10-5-7-19(15-24)23(27)25-11-9-18-6-3-4-8-21(18)25/h3-4,6,8,12-14,19H,5,7,9-11,15H2,1-2H3/t19-/m1/s1. The molecule has 4 heteroatoms. The first-order valence-corrected chi connectivity index (χ1v) is 9.80. The highest BCUT2D eigenvalue weighted by Gasteiger charge is 2.34. The predicted molar refractivity (Wildman–Crippen MR) is 107 cm³/mol. The summed E-state index contributed by atoms with van der Waals surface area (Å²) in [6.45, 7) is 6.02. The molecule has 0 bridgehead atoms. The van der Waals surface area contributed by atoms with E-state index in [1.807, 2.05) is 54.0 Å². The van der Waals surface area contributed by atoms with Gasteiger partial charge in [0.15, 0.2) is 0 Å². The van der Waals surface area contributed by atoms with Crippen LogP contribution in [0, 0.1) is 19.8 Å². The summed E-state index contributed by atoms with van der Waals surface area (Å²) in [5.41, 5.74) is 5.20. The minimum absolute atomic E-state index is 0.0427. The number of carbonyl (C=O) groups excluding carboxylic acids is 2. The topological polar surface area (TPSA) is 40.6 Å². The van der Waals surface area contributed by atoms with Crippen molar-refractivity contribution < 1.29 is 9.59 Å². The van der Waals surface area contributed by atoms with E-state index < -0.39 is 0 Å². The molecule has 0 aromatic heterocycles. The average Bonchev–Trinajstić information content (AvgIpc) is 3.10. The van der Waals surface area contributed by atoms with Crippen molar-refractivity contribution in [2.24, 2.45) is 5.92 Å². The van der Waals surface area contributed by atoms with Crippen molar-refractivity contribution >= 4 is 17.5 Å². The lowest BCUT2D eigenvalue weighted by atomic mass is 9.95. The van der Waals surface area contributed by atoms with Gasteiger partial charge in [0, 0.05) is 30.9 Å². The highest BCUT2D eigenvalue weighted by atomic mass is 16.2. The minimum Gasteiger partial charge on any atom is -0.338 e. The van der Waals surface area contributed by atoms with Gasteiger partial charge in [0.25, 0.3) is 5.91 Å². The van der Waals surface area contributed by atoms with Crippen LogP contribution in [0.15, 0.2) is 42.5 Å². The van der Waals surface area contributed by atoms with E-state index >= 15 is 0 Å². The molecule has 0 saturated carbocycles. The molecule has 4 rings (SSSR count). The second-order valence-electron chi connectivity index (χ2n) is 7.84. The first-order valence-electron chi connectivity index (χ1n) is 9.80. The van der Waals surface area contributed by atoms with Crippen LogP contribution in [0.3, 0.4) is 0 Å². The number of aryl methyl sites for hydroxylation is 2. The maximum Gasteiger partial charge on any atom is 0.253 e. The first-order chi connectivity index (χ1) is 13.0. The molecule has 2 amide bonds. The molecule has 4 nitrogen and oxygen atoms in total. The third kappa shape index (κ3) is 3.48. The largest absolute Gasteiger partial charge is 0.338 e. The van der Waals surface area contributed by atoms with E-state index in [0.29, 0.717) is 6.54 Å². The van der Waals surface area contributed by atoms with Crippen LogP contribution in [0.5, 0.6) is 0 Å². The Morgan fingerprint density at radius 3 is 2.52 bits per heavy atom. The van der Waals surface area contributed by atoms with Gasteiger partial charge in [0.05, 0.1) is 5.92 Å². The van der Waals surface area contributed by atoms with E-state index in [0.717, 1.165) is 54.7 Å². The SMILES string of the molecule is Cc1cc(C)cc(C(=O)N2CCC[C@@H](C(=O)N3CCc4ccccc43)C2)c1. The van der Waals surface area contributed by atoms with Crippen LogP contribution in [0.1, 0.15) is 39.9 Å². The van der Waals surface area contributed by atoms with E-state index in [4.69, 9.17) is 0 Å². The number of benzene rings is 2. The van der Waals surface area contributed by atoms with E-state index in [9.17, 15) is 9.59 Å². The van der Waals surface area contributed by atoms with Crippen LogP contribution in [-0.4, -0.2) is 36.3 Å². The third-order valence-corrected chi connectivity index (χ3v) is 5.68. The quantitative estimate of drug-likeness (QED) is 0.816. The van der Waals surface area contributed by atoms with Crippen molar-refractivity contribution in [1.82, 2.24) is 4.90 Å². The summed E-state index contributed by atoms with van der Waals surface area (Å²) >= 11 is 0. The van der Waals surface area contributed by atoms with Crippen LogP contribution in [0.4, 0.5) is 5.69 Å². The van der Waals surface area contributed by atoms with Crippen molar-refractivity contribution in [2.75, 3.05) is 24.5 Å². The lowest BCUT2D eigenvalue weighted by molar-refractivity contribution is -0.123. The molecule has 27 heavy (non-hydrogen) atoms. The molecule has 2 aliphatic rings. The number of nitrogens with zero attached hydrogens (tertiary/aromatic N) is 2. The van der Waals surface area contributed by atoms with Gasteiger partial charge in [-0.1, -0.05) is 35.4 Å². The van der Waals surface area contributed by atoms with Crippen molar-refractivity contribution in [2.45, 2.75) is 33.1 Å². The van der Waals surface area contributed by atoms with Crippen LogP contribution >= 0.6 is 0 Å². The number of hydrogen-bond donors (Lipinski definition) is 0. The van der Waals surface area contributed by atoms with Gasteiger partial charge in [-0.05, 0) is 56.9 Å². The van der Waals surface area contributed by atoms with Crippen molar-refractivity contribution in [1.29, 1.82) is 0 Å². The zero-order valence-electron chi connectivity index (χ0n) is 16.1. The summed E-state index contributed by atoms with van der Waals surface area (Å²) in [7, 11) is 0. The molecular formula is C23H26N2O2. The van der Waals surface area contributed by atoms with Gasteiger partial charge in [-0.3, -0.25) is 9.59 Å². The van der Waals surface area contributed by atoms with Crippen molar-refractivity contribution in [3.8, 4) is 0 Å². The lowest BCUT2D eigenvalue weighted by Gasteiger charge is -2.34. The molecule has 1 fully saturated rings. The van der Waals surface area contributed by atoms with Gasteiger partial charge < -0.3 is 9.80 Å². The summed E-state index contributed by atoms with van der Waals surface area (Å²) in [6.07, 6.45) is 2.65. The van der Waals surface area contributed by atoms with E-state index in [1.54, 1.807) is 0 Å². The first kappa shape index (κ1) is 17.8. The number of piperidine rings is 1. The number of para-hydroxylation sites is 1. The fraction of sp³-hybridized carbons (Fsp3) is 0.391. The number of carbonyl (C=O) groups is 2. The summed E-state index contributed by atoms with van der Waals surface area (Å²) in [5.74, 6) is 0.0961. The van der Waals surface area contributed by atoms with Crippen molar-refractivity contribution in [3.63, 3.8) is 0 Å². The van der Waals surface area contributed by atoms with Crippen LogP contribution in [-0.2, 0) is 11.2 Å². The molecule has 2 heterocycles. The van der Waals surface area contributed by atoms with Gasteiger partial charge in [-0.25, -0.2) is 0 Å². The molecule has 2 aromatic carbocycles. The zero-order chi connectivity index (χ0) is 19.0. The molecular weight excluding hydrogens is 336 g/mol. The Kier molecular flexibility index (Phi) is 4.73. The smallest absolute Gasteiger partial charge is 0.253 e. The van der Waals surface area contributed by atoms with Crippen molar-refractivity contribution in [3.05, 3.63) is 64.7 Å².